The first-order valence-electron chi connectivity index (χ1n) is 13.5. The van der Waals surface area contributed by atoms with E-state index in [1.54, 1.807) is 25.1 Å². The van der Waals surface area contributed by atoms with Crippen molar-refractivity contribution in [2.45, 2.75) is 45.7 Å². The second-order valence-electron chi connectivity index (χ2n) is 10.4. The van der Waals surface area contributed by atoms with Crippen LogP contribution in [0.4, 0.5) is 20.2 Å². The Bertz CT molecular complexity index is 1750. The Balaban J connectivity index is 1.61. The van der Waals surface area contributed by atoms with Gasteiger partial charge in [0.15, 0.2) is 0 Å². The molecule has 1 aliphatic rings. The molecule has 0 saturated heterocycles. The number of pyridine rings is 1. The lowest BCUT2D eigenvalue weighted by Gasteiger charge is -2.23. The number of halogens is 3. The molecule has 4 aromatic rings. The van der Waals surface area contributed by atoms with Gasteiger partial charge in [-0.3, -0.25) is 24.1 Å². The highest BCUT2D eigenvalue weighted by molar-refractivity contribution is 6.29. The third-order valence-electron chi connectivity index (χ3n) is 7.35. The van der Waals surface area contributed by atoms with Crippen LogP contribution in [0.2, 0.25) is 0 Å². The highest BCUT2D eigenvalue weighted by atomic mass is 35.5. The van der Waals surface area contributed by atoms with Crippen LogP contribution in [-0.4, -0.2) is 30.2 Å². The molecule has 43 heavy (non-hydrogen) atoms. The van der Waals surface area contributed by atoms with Gasteiger partial charge in [-0.2, -0.15) is 18.6 Å². The molecular weight excluding hydrogens is 580 g/mol. The van der Waals surface area contributed by atoms with E-state index in [1.807, 2.05) is 19.1 Å². The average Bonchev–Trinajstić information content (AvgIpc) is 3.38. The van der Waals surface area contributed by atoms with Gasteiger partial charge < -0.3 is 11.1 Å². The van der Waals surface area contributed by atoms with E-state index in [0.29, 0.717) is 46.5 Å². The zero-order chi connectivity index (χ0) is 30.8. The van der Waals surface area contributed by atoms with Gasteiger partial charge in [-0.1, -0.05) is 36.6 Å². The first-order valence-corrected chi connectivity index (χ1v) is 13.9. The number of fused-ring (bicyclic) bond motifs is 4. The number of hydrazine groups is 1. The maximum atomic E-state index is 13.9. The molecule has 0 aliphatic carbocycles. The van der Waals surface area contributed by atoms with E-state index in [2.05, 4.69) is 20.4 Å². The van der Waals surface area contributed by atoms with Gasteiger partial charge in [0.1, 0.15) is 10.9 Å². The number of nitrogens with one attached hydrogen (secondary N) is 1. The summed E-state index contributed by atoms with van der Waals surface area (Å²) < 4.78 is 29.8. The Hall–Kier alpha value is -4.62. The second kappa shape index (κ2) is 12.3. The van der Waals surface area contributed by atoms with E-state index >= 15 is 0 Å². The Kier molecular flexibility index (Phi) is 8.55. The molecule has 11 nitrogen and oxygen atoms in total. The number of aromatic nitrogens is 5. The van der Waals surface area contributed by atoms with Gasteiger partial charge in [0.05, 0.1) is 47.5 Å². The first kappa shape index (κ1) is 29.9. The van der Waals surface area contributed by atoms with Crippen LogP contribution in [0.1, 0.15) is 49.9 Å². The summed E-state index contributed by atoms with van der Waals surface area (Å²) in [5.41, 5.74) is 8.64. The van der Waals surface area contributed by atoms with Crippen LogP contribution in [0.3, 0.4) is 0 Å². The van der Waals surface area contributed by atoms with Crippen molar-refractivity contribution in [1.29, 1.82) is 0 Å². The van der Waals surface area contributed by atoms with Crippen LogP contribution in [0, 0.1) is 12.8 Å². The Morgan fingerprint density at radius 1 is 1.16 bits per heavy atom. The van der Waals surface area contributed by atoms with E-state index in [0.717, 1.165) is 5.56 Å². The fourth-order valence-corrected chi connectivity index (χ4v) is 5.29. The summed E-state index contributed by atoms with van der Waals surface area (Å²) in [4.78, 5) is 35.5. The molecule has 0 spiro atoms. The quantitative estimate of drug-likeness (QED) is 0.164. The van der Waals surface area contributed by atoms with Crippen molar-refractivity contribution in [2.24, 2.45) is 17.5 Å². The number of amides is 1. The normalized spacial score (nSPS) is 17.6. The van der Waals surface area contributed by atoms with Crippen LogP contribution < -0.4 is 27.5 Å². The van der Waals surface area contributed by atoms with E-state index < -0.39 is 18.5 Å². The number of alkyl halides is 2. The number of anilines is 2. The van der Waals surface area contributed by atoms with Gasteiger partial charge in [-0.25, -0.2) is 10.8 Å². The summed E-state index contributed by atoms with van der Waals surface area (Å²) in [6.07, 6.45) is 7.07. The van der Waals surface area contributed by atoms with Gasteiger partial charge >= 0.3 is 6.55 Å². The van der Waals surface area contributed by atoms with Crippen LogP contribution in [0.5, 0.6) is 0 Å². The van der Waals surface area contributed by atoms with Crippen molar-refractivity contribution in [1.82, 2.24) is 24.3 Å². The van der Waals surface area contributed by atoms with Crippen molar-refractivity contribution in [3.63, 3.8) is 0 Å². The number of hydrogen-bond donors (Lipinski definition) is 3. The zero-order valence-corrected chi connectivity index (χ0v) is 24.2. The summed E-state index contributed by atoms with van der Waals surface area (Å²) in [6, 6.07) is 9.75. The van der Waals surface area contributed by atoms with Gasteiger partial charge in [-0.15, -0.1) is 0 Å². The minimum atomic E-state index is -2.96. The van der Waals surface area contributed by atoms with Crippen molar-refractivity contribution in [3.05, 3.63) is 88.0 Å². The lowest BCUT2D eigenvalue weighted by molar-refractivity contribution is -0.119. The summed E-state index contributed by atoms with van der Waals surface area (Å²) >= 11 is 5.82. The van der Waals surface area contributed by atoms with Gasteiger partial charge in [-0.05, 0) is 49.6 Å². The highest BCUT2D eigenvalue weighted by Gasteiger charge is 2.26. The minimum Gasteiger partial charge on any atom is -0.388 e. The SMILES string of the molecule is Cc1ccc(N(N)/C=C(\N)Cl)c(-c2cc(=O)n(C3CCCC(C)C(=O)Nc4cnn(C(F)F)c4-c4cc3ccn4)cn2)c1. The van der Waals surface area contributed by atoms with Gasteiger partial charge in [0.2, 0.25) is 5.91 Å². The molecule has 2 bridgehead atoms. The van der Waals surface area contributed by atoms with E-state index in [1.165, 1.54) is 40.6 Å². The molecule has 0 saturated carbocycles. The van der Waals surface area contributed by atoms with E-state index in [9.17, 15) is 18.4 Å². The fourth-order valence-electron chi connectivity index (χ4n) is 5.19. The summed E-state index contributed by atoms with van der Waals surface area (Å²) in [6.45, 7) is 0.708. The molecule has 2 atom stereocenters. The summed E-state index contributed by atoms with van der Waals surface area (Å²) in [5, 5.41) is 7.75. The van der Waals surface area contributed by atoms with Crippen LogP contribution in [-0.2, 0) is 4.79 Å². The number of carbonyl (C=O) groups is 1. The monoisotopic (exact) mass is 609 g/mol. The Morgan fingerprint density at radius 2 is 1.95 bits per heavy atom. The minimum absolute atomic E-state index is 0.0212. The van der Waals surface area contributed by atoms with Crippen LogP contribution in [0.25, 0.3) is 22.6 Å². The van der Waals surface area contributed by atoms with Crippen molar-refractivity contribution in [3.8, 4) is 22.6 Å². The van der Waals surface area contributed by atoms with Crippen molar-refractivity contribution >= 4 is 28.9 Å². The molecule has 2 unspecified atom stereocenters. The zero-order valence-electron chi connectivity index (χ0n) is 23.4. The largest absolute Gasteiger partial charge is 0.388 e. The number of carbonyl (C=O) groups excluding carboxylic acids is 1. The molecule has 1 aromatic carbocycles. The smallest absolute Gasteiger partial charge is 0.333 e. The molecule has 5 rings (SSSR count). The topological polar surface area (TPSA) is 150 Å². The molecule has 5 N–H and O–H groups in total. The third kappa shape index (κ3) is 6.27. The number of benzene rings is 1. The van der Waals surface area contributed by atoms with Crippen molar-refractivity contribution in [2.75, 3.05) is 10.3 Å². The number of nitrogens with two attached hydrogens (primary N) is 2. The molecule has 224 valence electrons. The third-order valence-corrected chi connectivity index (χ3v) is 7.45. The maximum absolute atomic E-state index is 13.9. The van der Waals surface area contributed by atoms with Gasteiger partial charge in [0, 0.05) is 23.7 Å². The lowest BCUT2D eigenvalue weighted by atomic mass is 9.95. The van der Waals surface area contributed by atoms with Crippen molar-refractivity contribution < 1.29 is 13.6 Å². The summed E-state index contributed by atoms with van der Waals surface area (Å²) in [5.74, 6) is 5.42. The van der Waals surface area contributed by atoms with E-state index in [-0.39, 0.29) is 33.7 Å². The maximum Gasteiger partial charge on any atom is 0.333 e. The number of aryl methyl sites for hydroxylation is 1. The van der Waals surface area contributed by atoms with Crippen LogP contribution >= 0.6 is 11.6 Å². The average molecular weight is 610 g/mol. The molecule has 14 heteroatoms. The number of hydrogen-bond acceptors (Lipinski definition) is 8. The predicted octanol–water partition coefficient (Wildman–Crippen LogP) is 4.90. The Labute approximate surface area is 250 Å². The van der Waals surface area contributed by atoms with Gasteiger partial charge in [0.25, 0.3) is 5.56 Å². The lowest BCUT2D eigenvalue weighted by Crippen LogP contribution is -2.28. The predicted molar refractivity (Wildman–Crippen MR) is 160 cm³/mol. The fraction of sp³-hybridized carbons (Fsp3) is 0.276. The number of nitrogens with zero attached hydrogens (tertiary/aromatic N) is 6. The summed E-state index contributed by atoms with van der Waals surface area (Å²) in [7, 11) is 0. The second-order valence-corrected chi connectivity index (χ2v) is 10.8. The standard InChI is InChI=1S/C29H30ClF2N9O2/c1-16-6-7-24(40(34)14-25(30)33)19(10-16)20-12-26(42)39(15-36-20)23-5-3-4-17(2)28(43)38-22-13-37-41(29(31)32)27(22)21-11-18(23)8-9-35-21/h6-15,17,23,29H,3-5,33-34H2,1-2H3,(H,38,43)/b25-14-. The highest BCUT2D eigenvalue weighted by Crippen LogP contribution is 2.35. The molecule has 0 fully saturated rings. The van der Waals surface area contributed by atoms with Crippen LogP contribution in [0.15, 0.2) is 71.3 Å². The molecule has 0 radical (unpaired) electrons. The molecule has 3 aromatic heterocycles. The van der Waals surface area contributed by atoms with E-state index in [4.69, 9.17) is 23.2 Å². The molecule has 1 aliphatic heterocycles. The number of rotatable bonds is 5. The molecular formula is C29H30ClF2N9O2. The molecule has 4 heterocycles. The Morgan fingerprint density at radius 3 is 2.67 bits per heavy atom. The molecule has 1 amide bonds. The first-order chi connectivity index (χ1) is 20.5.